The van der Waals surface area contributed by atoms with Gasteiger partial charge >= 0.3 is 6.18 Å². The summed E-state index contributed by atoms with van der Waals surface area (Å²) in [5, 5.41) is 2.30. The molecule has 2 amide bonds. The Labute approximate surface area is 162 Å². The van der Waals surface area contributed by atoms with Crippen molar-refractivity contribution in [3.63, 3.8) is 0 Å². The summed E-state index contributed by atoms with van der Waals surface area (Å²) in [6, 6.07) is 11.2. The first-order chi connectivity index (χ1) is 13.7. The van der Waals surface area contributed by atoms with E-state index in [1.54, 1.807) is 6.07 Å². The van der Waals surface area contributed by atoms with E-state index in [1.807, 2.05) is 0 Å². The number of para-hydroxylation sites is 1. The minimum Gasteiger partial charge on any atom is -0.459 e. The molecule has 5 nitrogen and oxygen atoms in total. The number of benzene rings is 2. The molecule has 0 aliphatic heterocycles. The van der Waals surface area contributed by atoms with Crippen LogP contribution < -0.4 is 10.2 Å². The molecule has 1 aromatic heterocycles. The number of nitrogens with zero attached hydrogens (tertiary/aromatic N) is 1. The summed E-state index contributed by atoms with van der Waals surface area (Å²) in [7, 11) is 1.43. The van der Waals surface area contributed by atoms with Gasteiger partial charge in [0, 0.05) is 12.7 Å². The number of rotatable bonds is 4. The molecule has 0 saturated heterocycles. The molecule has 0 aliphatic carbocycles. The van der Waals surface area contributed by atoms with Crippen LogP contribution in [0.25, 0.3) is 0 Å². The summed E-state index contributed by atoms with van der Waals surface area (Å²) in [5.74, 6) is -2.67. The van der Waals surface area contributed by atoms with Crippen LogP contribution in [0.4, 0.5) is 28.9 Å². The molecule has 9 heteroatoms. The predicted molar refractivity (Wildman–Crippen MR) is 97.2 cm³/mol. The van der Waals surface area contributed by atoms with Crippen LogP contribution in [0.2, 0.25) is 0 Å². The average Bonchev–Trinajstić information content (AvgIpc) is 3.22. The second-order valence-electron chi connectivity index (χ2n) is 6.01. The number of amides is 2. The third kappa shape index (κ3) is 4.29. The smallest absolute Gasteiger partial charge is 0.419 e. The third-order valence-corrected chi connectivity index (χ3v) is 4.08. The highest BCUT2D eigenvalue weighted by Gasteiger charge is 2.34. The Balaban J connectivity index is 1.89. The zero-order valence-corrected chi connectivity index (χ0v) is 15.0. The molecule has 0 bridgehead atoms. The number of hydrogen-bond donors (Lipinski definition) is 1. The summed E-state index contributed by atoms with van der Waals surface area (Å²) in [6.07, 6.45) is -3.58. The molecule has 3 rings (SSSR count). The number of anilines is 2. The molecule has 2 aromatic carbocycles. The fourth-order valence-corrected chi connectivity index (χ4v) is 2.65. The Bertz CT molecular complexity index is 1050. The highest BCUT2D eigenvalue weighted by molar-refractivity contribution is 6.12. The van der Waals surface area contributed by atoms with Gasteiger partial charge in [-0.25, -0.2) is 4.39 Å². The van der Waals surface area contributed by atoms with Gasteiger partial charge in [-0.05, 0) is 42.5 Å². The van der Waals surface area contributed by atoms with Crippen LogP contribution in [-0.4, -0.2) is 18.9 Å². The Morgan fingerprint density at radius 1 is 1.03 bits per heavy atom. The Kier molecular flexibility index (Phi) is 5.40. The molecular weight excluding hydrogens is 392 g/mol. The first kappa shape index (κ1) is 20.1. The van der Waals surface area contributed by atoms with Gasteiger partial charge in [-0.1, -0.05) is 12.1 Å². The molecule has 0 atom stereocenters. The van der Waals surface area contributed by atoms with Gasteiger partial charge in [0.05, 0.1) is 23.1 Å². The summed E-state index contributed by atoms with van der Waals surface area (Å²) in [4.78, 5) is 26.3. The lowest BCUT2D eigenvalue weighted by molar-refractivity contribution is -0.139. The minimum atomic E-state index is -4.90. The van der Waals surface area contributed by atoms with Gasteiger partial charge < -0.3 is 14.6 Å². The molecule has 0 saturated carbocycles. The lowest BCUT2D eigenvalue weighted by atomic mass is 10.1. The third-order valence-electron chi connectivity index (χ3n) is 4.08. The molecule has 0 radical (unpaired) electrons. The van der Waals surface area contributed by atoms with Crippen molar-refractivity contribution < 1.29 is 31.6 Å². The lowest BCUT2D eigenvalue weighted by Crippen LogP contribution is -2.28. The van der Waals surface area contributed by atoms with Crippen molar-refractivity contribution in [3.8, 4) is 0 Å². The van der Waals surface area contributed by atoms with E-state index in [1.165, 1.54) is 48.5 Å². The van der Waals surface area contributed by atoms with Gasteiger partial charge in [-0.15, -0.1) is 0 Å². The Hall–Kier alpha value is -3.62. The van der Waals surface area contributed by atoms with Crippen LogP contribution in [0.15, 0.2) is 65.3 Å². The second kappa shape index (κ2) is 7.78. The maximum Gasteiger partial charge on any atom is 0.419 e. The van der Waals surface area contributed by atoms with Crippen molar-refractivity contribution in [1.29, 1.82) is 0 Å². The topological polar surface area (TPSA) is 62.6 Å². The molecule has 1 N–H and O–H groups in total. The zero-order valence-electron chi connectivity index (χ0n) is 15.0. The molecule has 0 unspecified atom stereocenters. The molecule has 0 aliphatic rings. The van der Waals surface area contributed by atoms with Gasteiger partial charge in [0.2, 0.25) is 0 Å². The molecule has 150 valence electrons. The van der Waals surface area contributed by atoms with E-state index in [-0.39, 0.29) is 22.7 Å². The number of carbonyl (C=O) groups is 2. The van der Waals surface area contributed by atoms with Crippen LogP contribution >= 0.6 is 0 Å². The number of nitrogens with one attached hydrogen (secondary N) is 1. The van der Waals surface area contributed by atoms with E-state index in [0.29, 0.717) is 12.1 Å². The lowest BCUT2D eigenvalue weighted by Gasteiger charge is -2.19. The normalized spacial score (nSPS) is 11.2. The summed E-state index contributed by atoms with van der Waals surface area (Å²) < 4.78 is 57.1. The van der Waals surface area contributed by atoms with Gasteiger partial charge in [0.15, 0.2) is 5.76 Å². The minimum absolute atomic E-state index is 0.0350. The van der Waals surface area contributed by atoms with Crippen LogP contribution in [0, 0.1) is 5.82 Å². The number of carbonyl (C=O) groups excluding carboxylic acids is 2. The van der Waals surface area contributed by atoms with Gasteiger partial charge in [0.25, 0.3) is 11.8 Å². The summed E-state index contributed by atoms with van der Waals surface area (Å²) >= 11 is 0. The van der Waals surface area contributed by atoms with Crippen molar-refractivity contribution in [2.75, 3.05) is 17.3 Å². The number of furan rings is 1. The largest absolute Gasteiger partial charge is 0.459 e. The fourth-order valence-electron chi connectivity index (χ4n) is 2.65. The van der Waals surface area contributed by atoms with Crippen molar-refractivity contribution in [3.05, 3.63) is 83.6 Å². The van der Waals surface area contributed by atoms with Crippen molar-refractivity contribution >= 4 is 23.2 Å². The number of hydrogen-bond acceptors (Lipinski definition) is 3. The van der Waals surface area contributed by atoms with Crippen molar-refractivity contribution in [2.45, 2.75) is 6.18 Å². The maximum absolute atomic E-state index is 13.4. The van der Waals surface area contributed by atoms with E-state index in [4.69, 9.17) is 4.42 Å². The first-order valence-corrected chi connectivity index (χ1v) is 8.27. The summed E-state index contributed by atoms with van der Waals surface area (Å²) in [6.45, 7) is 0. The van der Waals surface area contributed by atoms with E-state index >= 15 is 0 Å². The molecule has 0 spiro atoms. The van der Waals surface area contributed by atoms with Crippen LogP contribution in [0.1, 0.15) is 26.5 Å². The second-order valence-corrected chi connectivity index (χ2v) is 6.01. The molecule has 0 fully saturated rings. The molecule has 3 aromatic rings. The number of halogens is 4. The van der Waals surface area contributed by atoms with Crippen LogP contribution in [0.3, 0.4) is 0 Å². The summed E-state index contributed by atoms with van der Waals surface area (Å²) in [5.41, 5.74) is -1.48. The first-order valence-electron chi connectivity index (χ1n) is 8.27. The number of alkyl halides is 3. The van der Waals surface area contributed by atoms with Gasteiger partial charge in [-0.2, -0.15) is 13.2 Å². The fraction of sp³-hybridized carbons (Fsp3) is 0.100. The SMILES string of the molecule is CN(C(=O)c1ccco1)c1ccccc1C(=O)Nc1ccc(F)c(C(F)(F)F)c1. The van der Waals surface area contributed by atoms with Crippen molar-refractivity contribution in [2.24, 2.45) is 0 Å². The average molecular weight is 406 g/mol. The Morgan fingerprint density at radius 3 is 2.41 bits per heavy atom. The van der Waals surface area contributed by atoms with Gasteiger partial charge in [0.1, 0.15) is 5.82 Å². The maximum atomic E-state index is 13.4. The quantitative estimate of drug-likeness (QED) is 0.623. The van der Waals surface area contributed by atoms with E-state index < -0.39 is 29.4 Å². The molecule has 1 heterocycles. The monoisotopic (exact) mass is 406 g/mol. The van der Waals surface area contributed by atoms with Gasteiger partial charge in [-0.3, -0.25) is 9.59 Å². The van der Waals surface area contributed by atoms with Crippen LogP contribution in [0.5, 0.6) is 0 Å². The van der Waals surface area contributed by atoms with Crippen LogP contribution in [-0.2, 0) is 6.18 Å². The highest BCUT2D eigenvalue weighted by atomic mass is 19.4. The van der Waals surface area contributed by atoms with E-state index in [2.05, 4.69) is 5.32 Å². The van der Waals surface area contributed by atoms with E-state index in [9.17, 15) is 27.2 Å². The Morgan fingerprint density at radius 2 is 1.76 bits per heavy atom. The zero-order chi connectivity index (χ0) is 21.2. The highest BCUT2D eigenvalue weighted by Crippen LogP contribution is 2.33. The van der Waals surface area contributed by atoms with Crippen molar-refractivity contribution in [1.82, 2.24) is 0 Å². The van der Waals surface area contributed by atoms with E-state index in [0.717, 1.165) is 6.07 Å². The predicted octanol–water partition coefficient (Wildman–Crippen LogP) is 4.97. The molecule has 29 heavy (non-hydrogen) atoms. The standard InChI is InChI=1S/C20H14F4N2O3/c1-26(19(28)17-7-4-10-29-17)16-6-3-2-5-13(16)18(27)25-12-8-9-15(21)14(11-12)20(22,23)24/h2-11H,1H3,(H,25,27). The molecular formula is C20H14F4N2O3.